The fourth-order valence-electron chi connectivity index (χ4n) is 3.40. The molecular weight excluding hydrogens is 473 g/mol. The quantitative estimate of drug-likeness (QED) is 0.376. The number of nitrogens with one attached hydrogen (secondary N) is 2. The molecule has 13 heteroatoms. The average Bonchev–Trinajstić information content (AvgIpc) is 3.12. The van der Waals surface area contributed by atoms with E-state index >= 15 is 0 Å². The third kappa shape index (κ3) is 6.31. The smallest absolute Gasteiger partial charge is 0.405 e. The van der Waals surface area contributed by atoms with Crippen molar-refractivity contribution >= 4 is 34.6 Å². The van der Waals surface area contributed by atoms with Gasteiger partial charge in [-0.2, -0.15) is 0 Å². The van der Waals surface area contributed by atoms with Crippen LogP contribution in [0.3, 0.4) is 0 Å². The van der Waals surface area contributed by atoms with Crippen LogP contribution in [0.2, 0.25) is 0 Å². The molecule has 36 heavy (non-hydrogen) atoms. The number of carbonyl (C=O) groups excluding carboxylic acids is 2. The third-order valence-electron chi connectivity index (χ3n) is 5.34. The van der Waals surface area contributed by atoms with Gasteiger partial charge in [0.25, 0.3) is 5.56 Å². The minimum atomic E-state index is -1.41. The van der Waals surface area contributed by atoms with Crippen LogP contribution in [0, 0.1) is 5.82 Å². The van der Waals surface area contributed by atoms with Gasteiger partial charge in [0.15, 0.2) is 0 Å². The topological polar surface area (TPSA) is 151 Å². The van der Waals surface area contributed by atoms with E-state index < -0.39 is 29.4 Å². The van der Waals surface area contributed by atoms with E-state index in [9.17, 15) is 23.6 Å². The van der Waals surface area contributed by atoms with Gasteiger partial charge in [-0.05, 0) is 31.1 Å². The minimum Gasteiger partial charge on any atom is -0.465 e. The van der Waals surface area contributed by atoms with Crippen molar-refractivity contribution in [2.24, 2.45) is 7.05 Å². The molecule has 3 N–H and O–H groups in total. The number of fused-ring (bicyclic) bond motifs is 1. The number of carboxylic acid groups (broad SMARTS) is 1. The van der Waals surface area contributed by atoms with Crippen molar-refractivity contribution in [1.82, 2.24) is 29.3 Å². The van der Waals surface area contributed by atoms with Gasteiger partial charge in [-0.15, -0.1) is 0 Å². The highest BCUT2D eigenvalue weighted by Gasteiger charge is 2.21. The Labute approximate surface area is 205 Å². The van der Waals surface area contributed by atoms with Gasteiger partial charge in [0.2, 0.25) is 11.8 Å². The van der Waals surface area contributed by atoms with Gasteiger partial charge in [-0.25, -0.2) is 19.2 Å². The average molecular weight is 500 g/mol. The zero-order valence-electron chi connectivity index (χ0n) is 19.9. The predicted octanol–water partition coefficient (Wildman–Crippen LogP) is 1.32. The van der Waals surface area contributed by atoms with Crippen LogP contribution in [0.15, 0.2) is 47.7 Å². The first-order valence-electron chi connectivity index (χ1n) is 10.9. The van der Waals surface area contributed by atoms with E-state index in [0.717, 1.165) is 6.20 Å². The van der Waals surface area contributed by atoms with Crippen LogP contribution in [0.4, 0.5) is 14.9 Å². The summed E-state index contributed by atoms with van der Waals surface area (Å²) < 4.78 is 16.5. The molecule has 1 atom stereocenters. The molecule has 2 heterocycles. The number of anilines is 1. The second-order valence-electron chi connectivity index (χ2n) is 8.16. The highest BCUT2D eigenvalue weighted by Crippen LogP contribution is 2.16. The van der Waals surface area contributed by atoms with E-state index in [2.05, 4.69) is 20.6 Å². The third-order valence-corrected chi connectivity index (χ3v) is 5.34. The zero-order chi connectivity index (χ0) is 26.4. The standard InChI is InChI=1S/C23H26FN7O5/c1-29(2)20(32)7-5-4-6-15(28-23(35)36)21(33)27-17-11-25-13-31(22(17)34)12-19-26-16-10-14(24)8-9-18(16)30(19)3/h5,7-11,13,15,28H,4,6,12H2,1-3H3,(H,27,33)(H,35,36)/b7-5+/t15-/m0/s1. The van der Waals surface area contributed by atoms with Gasteiger partial charge >= 0.3 is 6.09 Å². The number of benzene rings is 1. The number of likely N-dealkylation sites (N-methyl/N-ethyl adjacent to an activating group) is 1. The molecule has 0 saturated heterocycles. The van der Waals surface area contributed by atoms with Gasteiger partial charge in [0.1, 0.15) is 23.4 Å². The Morgan fingerprint density at radius 1 is 1.28 bits per heavy atom. The Morgan fingerprint density at radius 3 is 2.72 bits per heavy atom. The summed E-state index contributed by atoms with van der Waals surface area (Å²) in [4.78, 5) is 58.2. The van der Waals surface area contributed by atoms with Crippen molar-refractivity contribution in [2.45, 2.75) is 25.4 Å². The lowest BCUT2D eigenvalue weighted by molar-refractivity contribution is -0.123. The molecule has 12 nitrogen and oxygen atoms in total. The molecule has 0 spiro atoms. The number of imidazole rings is 1. The molecule has 3 rings (SSSR count). The van der Waals surface area contributed by atoms with Crippen molar-refractivity contribution in [3.63, 3.8) is 0 Å². The number of carbonyl (C=O) groups is 3. The molecule has 2 aromatic heterocycles. The van der Waals surface area contributed by atoms with E-state index in [4.69, 9.17) is 5.11 Å². The summed E-state index contributed by atoms with van der Waals surface area (Å²) in [5.41, 5.74) is 0.382. The number of hydrogen-bond donors (Lipinski definition) is 3. The Balaban J connectivity index is 1.75. The summed E-state index contributed by atoms with van der Waals surface area (Å²) in [5.74, 6) is -0.962. The molecule has 0 saturated carbocycles. The van der Waals surface area contributed by atoms with Gasteiger partial charge in [-0.3, -0.25) is 19.0 Å². The Kier molecular flexibility index (Phi) is 8.14. The van der Waals surface area contributed by atoms with Crippen LogP contribution in [-0.4, -0.2) is 67.2 Å². The monoisotopic (exact) mass is 499 g/mol. The van der Waals surface area contributed by atoms with E-state index in [0.29, 0.717) is 16.9 Å². The lowest BCUT2D eigenvalue weighted by Crippen LogP contribution is -2.44. The maximum Gasteiger partial charge on any atom is 0.405 e. The van der Waals surface area contributed by atoms with Crippen molar-refractivity contribution in [3.05, 3.63) is 64.9 Å². The van der Waals surface area contributed by atoms with Crippen LogP contribution in [0.5, 0.6) is 0 Å². The molecule has 0 aliphatic carbocycles. The molecule has 190 valence electrons. The second-order valence-corrected chi connectivity index (χ2v) is 8.16. The molecule has 3 amide bonds. The molecular formula is C23H26FN7O5. The number of rotatable bonds is 9. The summed E-state index contributed by atoms with van der Waals surface area (Å²) in [7, 11) is 4.91. The van der Waals surface area contributed by atoms with Crippen molar-refractivity contribution in [1.29, 1.82) is 0 Å². The van der Waals surface area contributed by atoms with Crippen LogP contribution in [0.1, 0.15) is 18.7 Å². The molecule has 1 aromatic carbocycles. The summed E-state index contributed by atoms with van der Waals surface area (Å²) in [6.45, 7) is 0.00382. The first kappa shape index (κ1) is 26.1. The minimum absolute atomic E-state index is 0.00382. The summed E-state index contributed by atoms with van der Waals surface area (Å²) in [5, 5.41) is 13.6. The zero-order valence-corrected chi connectivity index (χ0v) is 19.9. The van der Waals surface area contributed by atoms with Crippen molar-refractivity contribution in [3.8, 4) is 0 Å². The van der Waals surface area contributed by atoms with Gasteiger partial charge in [0, 0.05) is 27.2 Å². The molecule has 0 fully saturated rings. The molecule has 0 bridgehead atoms. The van der Waals surface area contributed by atoms with Crippen molar-refractivity contribution < 1.29 is 23.9 Å². The van der Waals surface area contributed by atoms with E-state index in [1.54, 1.807) is 31.8 Å². The highest BCUT2D eigenvalue weighted by molar-refractivity contribution is 5.96. The predicted molar refractivity (Wildman–Crippen MR) is 129 cm³/mol. The summed E-state index contributed by atoms with van der Waals surface area (Å²) >= 11 is 0. The fraction of sp³-hybridized carbons (Fsp3) is 0.304. The number of nitrogens with zero attached hydrogens (tertiary/aromatic N) is 5. The lowest BCUT2D eigenvalue weighted by atomic mass is 10.1. The maximum absolute atomic E-state index is 13.5. The Hall–Kier alpha value is -4.55. The molecule has 0 aliphatic heterocycles. The Bertz CT molecular complexity index is 1380. The normalized spacial score (nSPS) is 12.0. The van der Waals surface area contributed by atoms with Gasteiger partial charge in [0.05, 0.1) is 30.1 Å². The molecule has 3 aromatic rings. The Morgan fingerprint density at radius 2 is 2.03 bits per heavy atom. The number of halogens is 1. The first-order chi connectivity index (χ1) is 17.1. The summed E-state index contributed by atoms with van der Waals surface area (Å²) in [6, 6.07) is 3.01. The number of aryl methyl sites for hydroxylation is 1. The van der Waals surface area contributed by atoms with Crippen LogP contribution < -0.4 is 16.2 Å². The van der Waals surface area contributed by atoms with Crippen LogP contribution >= 0.6 is 0 Å². The van der Waals surface area contributed by atoms with Gasteiger partial charge in [-0.1, -0.05) is 6.08 Å². The van der Waals surface area contributed by atoms with Crippen LogP contribution in [-0.2, 0) is 23.2 Å². The lowest BCUT2D eigenvalue weighted by Gasteiger charge is -2.16. The fourth-order valence-corrected chi connectivity index (χ4v) is 3.40. The van der Waals surface area contributed by atoms with E-state index in [-0.39, 0.29) is 31.0 Å². The number of hydrogen-bond acceptors (Lipinski definition) is 6. The van der Waals surface area contributed by atoms with E-state index in [1.165, 1.54) is 40.1 Å². The van der Waals surface area contributed by atoms with Gasteiger partial charge < -0.3 is 25.2 Å². The van der Waals surface area contributed by atoms with Crippen molar-refractivity contribution in [2.75, 3.05) is 19.4 Å². The molecule has 0 aliphatic rings. The molecule has 0 unspecified atom stereocenters. The second kappa shape index (κ2) is 11.3. The summed E-state index contributed by atoms with van der Waals surface area (Å²) in [6.07, 6.45) is 4.18. The first-order valence-corrected chi connectivity index (χ1v) is 10.9. The SMILES string of the molecule is CN(C)C(=O)/C=C/CC[C@H](NC(=O)O)C(=O)Nc1cncn(Cc2nc3cc(F)ccc3n2C)c1=O. The van der Waals surface area contributed by atoms with E-state index in [1.807, 2.05) is 0 Å². The van der Waals surface area contributed by atoms with Crippen LogP contribution in [0.25, 0.3) is 11.0 Å². The highest BCUT2D eigenvalue weighted by atomic mass is 19.1. The molecule has 0 radical (unpaired) electrons. The number of amides is 3. The number of aromatic nitrogens is 4. The largest absolute Gasteiger partial charge is 0.465 e. The maximum atomic E-state index is 13.5. The number of allylic oxidation sites excluding steroid dienone is 1.